The zero-order chi connectivity index (χ0) is 18.9. The van der Waals surface area contributed by atoms with Gasteiger partial charge in [-0.2, -0.15) is 21.6 Å². The smallest absolute Gasteiger partial charge is 0.231 e. The van der Waals surface area contributed by atoms with Crippen molar-refractivity contribution in [1.82, 2.24) is 0 Å². The van der Waals surface area contributed by atoms with Crippen molar-refractivity contribution < 1.29 is 21.6 Å². The summed E-state index contributed by atoms with van der Waals surface area (Å²) in [6.45, 7) is 3.68. The molecule has 0 spiro atoms. The third-order valence-electron chi connectivity index (χ3n) is 3.87. The standard InChI is InChI=1S/C19H14F3NO2S/c1-14(17-13-7-9-15-8-5-6-12-18(15)17)23(16-10-3-2-4-11-16)26(24,25)19(20,21)22/h2-13H,1H2. The largest absolute Gasteiger partial charge is 0.517 e. The summed E-state index contributed by atoms with van der Waals surface area (Å²) in [5, 5.41) is 1.38. The van der Waals surface area contributed by atoms with Gasteiger partial charge in [-0.25, -0.2) is 4.31 Å². The predicted molar refractivity (Wildman–Crippen MR) is 96.9 cm³/mol. The molecule has 0 unspecified atom stereocenters. The van der Waals surface area contributed by atoms with Gasteiger partial charge in [0.1, 0.15) is 0 Å². The number of sulfonamides is 1. The van der Waals surface area contributed by atoms with Gasteiger partial charge in [-0.3, -0.25) is 0 Å². The number of hydrogen-bond acceptors (Lipinski definition) is 2. The number of halogens is 3. The maximum absolute atomic E-state index is 13.3. The maximum atomic E-state index is 13.3. The highest BCUT2D eigenvalue weighted by molar-refractivity contribution is 7.94. The van der Waals surface area contributed by atoms with Crippen LogP contribution in [0.2, 0.25) is 0 Å². The summed E-state index contributed by atoms with van der Waals surface area (Å²) >= 11 is 0. The van der Waals surface area contributed by atoms with Gasteiger partial charge in [0.2, 0.25) is 0 Å². The second kappa shape index (κ2) is 6.49. The molecule has 3 aromatic rings. The fourth-order valence-electron chi connectivity index (χ4n) is 2.69. The molecule has 134 valence electrons. The quantitative estimate of drug-likeness (QED) is 0.629. The Hall–Kier alpha value is -2.80. The molecule has 3 nitrogen and oxygen atoms in total. The highest BCUT2D eigenvalue weighted by Gasteiger charge is 2.51. The lowest BCUT2D eigenvalue weighted by Gasteiger charge is -2.27. The van der Waals surface area contributed by atoms with Gasteiger partial charge in [-0.1, -0.05) is 67.2 Å². The number of rotatable bonds is 4. The highest BCUT2D eigenvalue weighted by atomic mass is 32.2. The van der Waals surface area contributed by atoms with Crippen LogP contribution < -0.4 is 4.31 Å². The molecule has 7 heteroatoms. The molecule has 0 saturated heterocycles. The summed E-state index contributed by atoms with van der Waals surface area (Å²) in [6.07, 6.45) is 0. The van der Waals surface area contributed by atoms with Crippen molar-refractivity contribution in [1.29, 1.82) is 0 Å². The summed E-state index contributed by atoms with van der Waals surface area (Å²) < 4.78 is 64.6. The van der Waals surface area contributed by atoms with Gasteiger partial charge in [0.15, 0.2) is 0 Å². The molecule has 3 aromatic carbocycles. The molecule has 0 aliphatic rings. The van der Waals surface area contributed by atoms with E-state index in [0.717, 1.165) is 5.39 Å². The summed E-state index contributed by atoms with van der Waals surface area (Å²) in [5.74, 6) is 0. The lowest BCUT2D eigenvalue weighted by molar-refractivity contribution is -0.0435. The molecular weight excluding hydrogens is 363 g/mol. The topological polar surface area (TPSA) is 37.4 Å². The Morgan fingerprint density at radius 2 is 1.42 bits per heavy atom. The molecule has 0 radical (unpaired) electrons. The van der Waals surface area contributed by atoms with Crippen molar-refractivity contribution >= 4 is 32.2 Å². The van der Waals surface area contributed by atoms with Crippen molar-refractivity contribution in [3.63, 3.8) is 0 Å². The molecule has 0 aliphatic heterocycles. The monoisotopic (exact) mass is 377 g/mol. The highest BCUT2D eigenvalue weighted by Crippen LogP contribution is 2.37. The van der Waals surface area contributed by atoms with Crippen molar-refractivity contribution in [3.05, 3.63) is 84.9 Å². The molecule has 0 heterocycles. The predicted octanol–water partition coefficient (Wildman–Crippen LogP) is 5.17. The number of hydrogen-bond donors (Lipinski definition) is 0. The van der Waals surface area contributed by atoms with Gasteiger partial charge < -0.3 is 0 Å². The van der Waals surface area contributed by atoms with E-state index in [1.54, 1.807) is 48.5 Å². The Balaban J connectivity index is 2.24. The van der Waals surface area contributed by atoms with E-state index >= 15 is 0 Å². The lowest BCUT2D eigenvalue weighted by atomic mass is 10.0. The fourth-order valence-corrected chi connectivity index (χ4v) is 3.69. The molecule has 0 amide bonds. The van der Waals surface area contributed by atoms with Gasteiger partial charge in [0, 0.05) is 5.56 Å². The normalized spacial score (nSPS) is 12.1. The van der Waals surface area contributed by atoms with E-state index in [-0.39, 0.29) is 15.7 Å². The summed E-state index contributed by atoms with van der Waals surface area (Å²) in [6, 6.07) is 19.1. The van der Waals surface area contributed by atoms with Crippen molar-refractivity contribution in [2.45, 2.75) is 5.51 Å². The molecule has 26 heavy (non-hydrogen) atoms. The van der Waals surface area contributed by atoms with Gasteiger partial charge in [-0.05, 0) is 22.9 Å². The maximum Gasteiger partial charge on any atom is 0.517 e. The molecule has 0 N–H and O–H groups in total. The van der Waals surface area contributed by atoms with E-state index in [0.29, 0.717) is 10.9 Å². The second-order valence-electron chi connectivity index (χ2n) is 5.52. The molecule has 0 fully saturated rings. The second-order valence-corrected chi connectivity index (χ2v) is 7.30. The first kappa shape index (κ1) is 18.0. The van der Waals surface area contributed by atoms with E-state index in [9.17, 15) is 21.6 Å². The van der Waals surface area contributed by atoms with Gasteiger partial charge in [0.25, 0.3) is 0 Å². The minimum absolute atomic E-state index is 0.136. The van der Waals surface area contributed by atoms with Crippen LogP contribution in [0.3, 0.4) is 0 Å². The third kappa shape index (κ3) is 3.06. The van der Waals surface area contributed by atoms with Crippen LogP contribution in [0, 0.1) is 0 Å². The van der Waals surface area contributed by atoms with Crippen molar-refractivity contribution in [2.75, 3.05) is 4.31 Å². The molecule has 0 aromatic heterocycles. The first-order valence-electron chi connectivity index (χ1n) is 7.57. The van der Waals surface area contributed by atoms with Crippen LogP contribution >= 0.6 is 0 Å². The minimum atomic E-state index is -5.67. The summed E-state index contributed by atoms with van der Waals surface area (Å²) in [5.41, 5.74) is -5.57. The van der Waals surface area contributed by atoms with E-state index < -0.39 is 15.5 Å². The number of alkyl halides is 3. The van der Waals surface area contributed by atoms with Gasteiger partial charge >= 0.3 is 15.5 Å². The van der Waals surface area contributed by atoms with Crippen molar-refractivity contribution in [2.24, 2.45) is 0 Å². The Bertz CT molecular complexity index is 1060. The zero-order valence-corrected chi connectivity index (χ0v) is 14.3. The number of nitrogens with zero attached hydrogens (tertiary/aromatic N) is 1. The van der Waals surface area contributed by atoms with E-state index in [1.807, 2.05) is 0 Å². The average Bonchev–Trinajstić information content (AvgIpc) is 2.61. The third-order valence-corrected chi connectivity index (χ3v) is 5.37. The first-order valence-corrected chi connectivity index (χ1v) is 9.01. The SMILES string of the molecule is C=C(c1cccc2ccccc12)N(c1ccccc1)S(=O)(=O)C(F)(F)F. The van der Waals surface area contributed by atoms with Crippen LogP contribution in [0.25, 0.3) is 16.5 Å². The minimum Gasteiger partial charge on any atom is -0.231 e. The first-order chi connectivity index (χ1) is 12.2. The van der Waals surface area contributed by atoms with Crippen LogP contribution in [-0.2, 0) is 10.0 Å². The lowest BCUT2D eigenvalue weighted by Crippen LogP contribution is -2.39. The Morgan fingerprint density at radius 3 is 2.08 bits per heavy atom. The Kier molecular flexibility index (Phi) is 4.50. The van der Waals surface area contributed by atoms with Gasteiger partial charge in [0.05, 0.1) is 11.4 Å². The van der Waals surface area contributed by atoms with E-state index in [2.05, 4.69) is 6.58 Å². The van der Waals surface area contributed by atoms with Gasteiger partial charge in [-0.15, -0.1) is 0 Å². The molecule has 0 bridgehead atoms. The number of fused-ring (bicyclic) bond motifs is 1. The number of para-hydroxylation sites is 1. The summed E-state index contributed by atoms with van der Waals surface area (Å²) in [4.78, 5) is 0. The Morgan fingerprint density at radius 1 is 0.846 bits per heavy atom. The van der Waals surface area contributed by atoms with Crippen LogP contribution in [0.1, 0.15) is 5.56 Å². The van der Waals surface area contributed by atoms with E-state index in [4.69, 9.17) is 0 Å². The molecule has 3 rings (SSSR count). The molecular formula is C19H14F3NO2S. The molecule has 0 atom stereocenters. The molecule has 0 saturated carbocycles. The molecule has 0 aliphatic carbocycles. The zero-order valence-electron chi connectivity index (χ0n) is 13.4. The van der Waals surface area contributed by atoms with E-state index in [1.165, 1.54) is 24.3 Å². The number of benzene rings is 3. The van der Waals surface area contributed by atoms with Crippen LogP contribution in [-0.4, -0.2) is 13.9 Å². The fraction of sp³-hybridized carbons (Fsp3) is 0.0526. The Labute approximate surface area is 149 Å². The summed E-state index contributed by atoms with van der Waals surface area (Å²) in [7, 11) is -5.67. The number of anilines is 1. The van der Waals surface area contributed by atoms with Crippen LogP contribution in [0.5, 0.6) is 0 Å². The van der Waals surface area contributed by atoms with Crippen LogP contribution in [0.15, 0.2) is 79.4 Å². The van der Waals surface area contributed by atoms with Crippen LogP contribution in [0.4, 0.5) is 18.9 Å². The average molecular weight is 377 g/mol. The van der Waals surface area contributed by atoms with Crippen molar-refractivity contribution in [3.8, 4) is 0 Å².